The second kappa shape index (κ2) is 13.0. The van der Waals surface area contributed by atoms with Crippen LogP contribution in [0.5, 0.6) is 0 Å². The summed E-state index contributed by atoms with van der Waals surface area (Å²) in [6.07, 6.45) is 0. The Kier molecular flexibility index (Phi) is 15.1. The fourth-order valence-corrected chi connectivity index (χ4v) is 9.06. The van der Waals surface area contributed by atoms with Gasteiger partial charge in [0, 0.05) is 0 Å². The topological polar surface area (TPSA) is 26.3 Å². The Morgan fingerprint density at radius 1 is 0.324 bits per heavy atom. The normalized spacial score (nSPS) is 16.6. The SMILES string of the molecule is O=[C]OC(Cl)(Cl)C(Cl)(Cl)C(Cl)(Cl)C(Cl)(Cl)C(Cl)(Cl)C(Cl)(Cl)C(Cl)(Cl)C(Cl)(Cl)C(Cl)(Cl)C(Cl)(Cl)C(Cl)(Cl)Cl. The third-order valence-electron chi connectivity index (χ3n) is 4.05. The minimum absolute atomic E-state index is 0.825. The van der Waals surface area contributed by atoms with Crippen molar-refractivity contribution in [3.8, 4) is 0 Å². The van der Waals surface area contributed by atoms with E-state index in [1.807, 2.05) is 0 Å². The predicted octanol–water partition coefficient (Wildman–Crippen LogP) is 13.1. The van der Waals surface area contributed by atoms with Gasteiger partial charge in [0.15, 0.2) is 30.3 Å². The summed E-state index contributed by atoms with van der Waals surface area (Å²) in [5, 5.41) is 0. The van der Waals surface area contributed by atoms with Crippen molar-refractivity contribution in [1.82, 2.24) is 0 Å². The van der Waals surface area contributed by atoms with Gasteiger partial charge in [-0.15, -0.1) is 0 Å². The molecule has 0 N–H and O–H groups in total. The van der Waals surface area contributed by atoms with Crippen LogP contribution >= 0.6 is 267 Å². The standard InChI is InChI=1S/C12Cl23O2/c13-2(14,3(15,16)5(19,20)7(23,24)9(27,28)11(31,32)33)4(17,18)6(21,22)8(25,26)10(29,30)12(34,35)37-1-36. The summed E-state index contributed by atoms with van der Waals surface area (Å²) in [4.78, 5) is 10.7. The molecule has 221 valence electrons. The molecule has 0 fully saturated rings. The van der Waals surface area contributed by atoms with Crippen LogP contribution in [0.2, 0.25) is 0 Å². The number of rotatable bonds is 11. The Morgan fingerprint density at radius 3 is 0.703 bits per heavy atom. The highest BCUT2D eigenvalue weighted by Gasteiger charge is 2.84. The molecule has 0 aliphatic rings. The maximum absolute atomic E-state index is 10.7. The molecule has 0 aliphatic carbocycles. The van der Waals surface area contributed by atoms with E-state index in [2.05, 4.69) is 4.74 Å². The molecule has 0 saturated carbocycles. The fraction of sp³-hybridized carbons (Fsp3) is 0.917. The molecule has 1 radical (unpaired) electrons. The Hall–Kier alpha value is 6.14. The van der Waals surface area contributed by atoms with Gasteiger partial charge in [0.2, 0.25) is 12.5 Å². The summed E-state index contributed by atoms with van der Waals surface area (Å²) < 4.78 is -30.8. The van der Waals surface area contributed by atoms with Crippen molar-refractivity contribution in [3.05, 3.63) is 0 Å². The molecule has 37 heavy (non-hydrogen) atoms. The second-order valence-corrected chi connectivity index (χ2v) is 21.9. The lowest BCUT2D eigenvalue weighted by Gasteiger charge is -2.56. The quantitative estimate of drug-likeness (QED) is 0.193. The first kappa shape index (κ1) is 43.1. The van der Waals surface area contributed by atoms with E-state index in [1.54, 1.807) is 0 Å². The second-order valence-electron chi connectivity index (χ2n) is 6.37. The summed E-state index contributed by atoms with van der Waals surface area (Å²) in [6, 6.07) is 0. The van der Waals surface area contributed by atoms with Crippen molar-refractivity contribution >= 4 is 273 Å². The van der Waals surface area contributed by atoms with Crippen molar-refractivity contribution < 1.29 is 9.53 Å². The molecule has 0 saturated heterocycles. The van der Waals surface area contributed by atoms with E-state index in [9.17, 15) is 4.79 Å². The van der Waals surface area contributed by atoms with Gasteiger partial charge in [-0.25, -0.2) is 4.79 Å². The molecule has 0 atom stereocenters. The monoisotopic (exact) mass is 980 g/mol. The molecular weight excluding hydrogens is 992 g/mol. The third kappa shape index (κ3) is 6.77. The van der Waals surface area contributed by atoms with Crippen LogP contribution < -0.4 is 0 Å². The van der Waals surface area contributed by atoms with Crippen LogP contribution in [0.15, 0.2) is 0 Å². The van der Waals surface area contributed by atoms with Crippen LogP contribution in [-0.2, 0) is 9.53 Å². The molecule has 0 aromatic heterocycles. The molecule has 0 bridgehead atoms. The first-order valence-electron chi connectivity index (χ1n) is 7.46. The average molecular weight is 992 g/mol. The first-order valence-corrected chi connectivity index (χ1v) is 16.2. The van der Waals surface area contributed by atoms with E-state index in [0.29, 0.717) is 0 Å². The molecule has 0 aliphatic heterocycles. The van der Waals surface area contributed by atoms with E-state index in [0.717, 1.165) is 6.47 Å². The largest absolute Gasteiger partial charge is 0.420 e. The number of halogens is 23. The van der Waals surface area contributed by atoms with Gasteiger partial charge >= 0.3 is 6.47 Å². The zero-order valence-corrected chi connectivity index (χ0v) is 32.9. The number of carbonyl (C=O) groups excluding carboxylic acids is 1. The molecule has 0 amide bonds. The lowest BCUT2D eigenvalue weighted by atomic mass is 10.00. The van der Waals surface area contributed by atoms with Gasteiger partial charge in [-0.1, -0.05) is 267 Å². The van der Waals surface area contributed by atoms with E-state index in [-0.39, 0.29) is 0 Å². The highest BCUT2D eigenvalue weighted by molar-refractivity contribution is 6.84. The number of alkyl halides is 23. The van der Waals surface area contributed by atoms with E-state index >= 15 is 0 Å². The Bertz CT molecular complexity index is 850. The zero-order chi connectivity index (χ0) is 30.9. The molecule has 0 aromatic rings. The van der Waals surface area contributed by atoms with Crippen LogP contribution in [-0.4, -0.2) is 53.8 Å². The van der Waals surface area contributed by atoms with Crippen LogP contribution in [0.3, 0.4) is 0 Å². The van der Waals surface area contributed by atoms with Crippen molar-refractivity contribution in [2.24, 2.45) is 0 Å². The summed E-state index contributed by atoms with van der Waals surface area (Å²) in [6.45, 7) is 0.825. The van der Waals surface area contributed by atoms with Gasteiger partial charge in [-0.2, -0.15) is 0 Å². The molecule has 0 unspecified atom stereocenters. The van der Waals surface area contributed by atoms with Gasteiger partial charge in [0.05, 0.1) is 0 Å². The van der Waals surface area contributed by atoms with Gasteiger partial charge in [0.25, 0.3) is 4.52 Å². The molecule has 0 spiro atoms. The Balaban J connectivity index is 7.19. The van der Waals surface area contributed by atoms with Crippen LogP contribution in [0, 0.1) is 0 Å². The van der Waals surface area contributed by atoms with Gasteiger partial charge in [-0.05, 0) is 0 Å². The van der Waals surface area contributed by atoms with Crippen LogP contribution in [0.25, 0.3) is 0 Å². The highest BCUT2D eigenvalue weighted by Crippen LogP contribution is 2.75. The predicted molar refractivity (Wildman–Crippen MR) is 171 cm³/mol. The van der Waals surface area contributed by atoms with Crippen molar-refractivity contribution in [2.75, 3.05) is 0 Å². The molecule has 0 aromatic carbocycles. The maximum Gasteiger partial charge on any atom is 0.420 e. The molecule has 0 rings (SSSR count). The minimum atomic E-state index is -3.37. The number of ether oxygens (including phenoxy) is 1. The molecular formula is C12Cl23O2. The molecule has 0 heterocycles. The third-order valence-corrected chi connectivity index (χ3v) is 19.9. The summed E-state index contributed by atoms with van der Waals surface area (Å²) in [5.41, 5.74) is 0. The van der Waals surface area contributed by atoms with Crippen LogP contribution in [0.4, 0.5) is 0 Å². The first-order chi connectivity index (χ1) is 15.6. The van der Waals surface area contributed by atoms with Gasteiger partial charge in [0.1, 0.15) is 0 Å². The number of hydrogen-bond acceptors (Lipinski definition) is 2. The highest BCUT2D eigenvalue weighted by atomic mass is 35.6. The van der Waals surface area contributed by atoms with E-state index in [4.69, 9.17) is 267 Å². The summed E-state index contributed by atoms with van der Waals surface area (Å²) in [5.74, 6) is 0. The van der Waals surface area contributed by atoms with E-state index in [1.165, 1.54) is 0 Å². The van der Waals surface area contributed by atoms with E-state index < -0.39 is 47.3 Å². The lowest BCUT2D eigenvalue weighted by Crippen LogP contribution is -2.73. The fourth-order valence-electron chi connectivity index (χ4n) is 1.86. The minimum Gasteiger partial charge on any atom is -0.417 e. The number of hydrogen-bond donors (Lipinski definition) is 0. The average Bonchev–Trinajstić information content (AvgIpc) is 2.65. The summed E-state index contributed by atoms with van der Waals surface area (Å²) >= 11 is 141. The molecule has 25 heteroatoms. The van der Waals surface area contributed by atoms with Crippen molar-refractivity contribution in [2.45, 2.75) is 47.3 Å². The van der Waals surface area contributed by atoms with Crippen molar-refractivity contribution in [3.63, 3.8) is 0 Å². The van der Waals surface area contributed by atoms with Gasteiger partial charge < -0.3 is 4.74 Å². The Morgan fingerprint density at radius 2 is 0.514 bits per heavy atom. The van der Waals surface area contributed by atoms with Gasteiger partial charge in [-0.3, -0.25) is 0 Å². The maximum atomic E-state index is 10.7. The summed E-state index contributed by atoms with van der Waals surface area (Å²) in [7, 11) is 0. The van der Waals surface area contributed by atoms with Crippen LogP contribution in [0.1, 0.15) is 0 Å². The lowest BCUT2D eigenvalue weighted by molar-refractivity contribution is 0.182. The smallest absolute Gasteiger partial charge is 0.417 e. The zero-order valence-electron chi connectivity index (χ0n) is 15.5. The van der Waals surface area contributed by atoms with Crippen molar-refractivity contribution in [1.29, 1.82) is 0 Å². The molecule has 2 nitrogen and oxygen atoms in total. The Labute approximate surface area is 325 Å².